The number of carbonyl (C=O) groups is 1. The van der Waals surface area contributed by atoms with Crippen molar-refractivity contribution in [1.29, 1.82) is 0 Å². The number of rotatable bonds is 3. The molecule has 2 aromatic rings. The highest BCUT2D eigenvalue weighted by atomic mass is 16.8. The van der Waals surface area contributed by atoms with Crippen molar-refractivity contribution in [2.75, 3.05) is 7.11 Å². The van der Waals surface area contributed by atoms with Crippen molar-refractivity contribution < 1.29 is 14.4 Å². The molecular formula is C19H19NO3. The minimum Gasteiger partial charge on any atom is -0.350 e. The smallest absolute Gasteiger partial charge is 0.278 e. The fourth-order valence-electron chi connectivity index (χ4n) is 2.65. The third kappa shape index (κ3) is 2.91. The highest BCUT2D eigenvalue weighted by Crippen LogP contribution is 2.35. The van der Waals surface area contributed by atoms with Crippen molar-refractivity contribution in [2.24, 2.45) is 0 Å². The maximum absolute atomic E-state index is 13.0. The van der Waals surface area contributed by atoms with E-state index < -0.39 is 11.8 Å². The lowest BCUT2D eigenvalue weighted by Gasteiger charge is -2.42. The molecule has 2 unspecified atom stereocenters. The van der Waals surface area contributed by atoms with Crippen LogP contribution in [0.5, 0.6) is 0 Å². The van der Waals surface area contributed by atoms with Gasteiger partial charge in [0.25, 0.3) is 5.91 Å². The van der Waals surface area contributed by atoms with E-state index in [1.807, 2.05) is 67.6 Å². The number of hydrogen-bond donors (Lipinski definition) is 0. The Labute approximate surface area is 135 Å². The summed E-state index contributed by atoms with van der Waals surface area (Å²) in [4.78, 5) is 18.8. The molecule has 0 aliphatic carbocycles. The summed E-state index contributed by atoms with van der Waals surface area (Å²) in [5.41, 5.74) is 0.832. The highest BCUT2D eigenvalue weighted by molar-refractivity contribution is 5.94. The number of hydroxylamine groups is 2. The maximum Gasteiger partial charge on any atom is 0.278 e. The van der Waals surface area contributed by atoms with Gasteiger partial charge in [-0.25, -0.2) is 4.84 Å². The fraction of sp³-hybridized carbons (Fsp3) is 0.211. The predicted octanol–water partition coefficient (Wildman–Crippen LogP) is 3.52. The molecule has 0 radical (unpaired) electrons. The topological polar surface area (TPSA) is 38.8 Å². The summed E-state index contributed by atoms with van der Waals surface area (Å²) in [5.74, 6) is -0.205. The Morgan fingerprint density at radius 3 is 2.30 bits per heavy atom. The van der Waals surface area contributed by atoms with E-state index in [0.717, 1.165) is 5.56 Å². The molecule has 1 heterocycles. The SMILES string of the molecule is COC1C=CC(C)(c2ccccc2)N(C(=O)c2ccccc2)O1. The van der Waals surface area contributed by atoms with E-state index in [0.29, 0.717) is 5.56 Å². The molecule has 1 aliphatic heterocycles. The van der Waals surface area contributed by atoms with E-state index in [9.17, 15) is 4.79 Å². The summed E-state index contributed by atoms with van der Waals surface area (Å²) in [6, 6.07) is 18.9. The van der Waals surface area contributed by atoms with Crippen LogP contribution >= 0.6 is 0 Å². The quantitative estimate of drug-likeness (QED) is 0.814. The Bertz CT molecular complexity index is 699. The first-order valence-electron chi connectivity index (χ1n) is 7.49. The van der Waals surface area contributed by atoms with Crippen molar-refractivity contribution in [2.45, 2.75) is 18.8 Å². The van der Waals surface area contributed by atoms with Crippen molar-refractivity contribution in [3.05, 3.63) is 83.9 Å². The summed E-state index contributed by atoms with van der Waals surface area (Å²) >= 11 is 0. The van der Waals surface area contributed by atoms with Gasteiger partial charge in [0.1, 0.15) is 5.54 Å². The standard InChI is InChI=1S/C19H19NO3/c1-19(16-11-7-4-8-12-16)14-13-17(22-2)23-20(19)18(21)15-9-5-3-6-10-15/h3-14,17H,1-2H3. The van der Waals surface area contributed by atoms with Gasteiger partial charge in [-0.2, -0.15) is 5.06 Å². The lowest BCUT2D eigenvalue weighted by atomic mass is 9.89. The molecule has 3 rings (SSSR count). The number of nitrogens with zero attached hydrogens (tertiary/aromatic N) is 1. The molecule has 0 bridgehead atoms. The molecular weight excluding hydrogens is 290 g/mol. The number of benzene rings is 2. The van der Waals surface area contributed by atoms with Gasteiger partial charge in [-0.1, -0.05) is 54.6 Å². The number of amides is 1. The van der Waals surface area contributed by atoms with Gasteiger partial charge in [0, 0.05) is 12.7 Å². The molecule has 0 saturated carbocycles. The first-order chi connectivity index (χ1) is 11.1. The number of hydrogen-bond acceptors (Lipinski definition) is 3. The van der Waals surface area contributed by atoms with Crippen molar-refractivity contribution >= 4 is 5.91 Å². The van der Waals surface area contributed by atoms with E-state index in [1.54, 1.807) is 19.2 Å². The van der Waals surface area contributed by atoms with Crippen molar-refractivity contribution in [3.63, 3.8) is 0 Å². The van der Waals surface area contributed by atoms with Gasteiger partial charge in [-0.05, 0) is 30.7 Å². The van der Waals surface area contributed by atoms with Crippen LogP contribution in [0.2, 0.25) is 0 Å². The van der Waals surface area contributed by atoms with Gasteiger partial charge in [0.2, 0.25) is 6.29 Å². The molecule has 118 valence electrons. The normalized spacial score (nSPS) is 23.7. The molecule has 2 aromatic carbocycles. The molecule has 4 heteroatoms. The largest absolute Gasteiger partial charge is 0.350 e. The van der Waals surface area contributed by atoms with Crippen LogP contribution in [0.25, 0.3) is 0 Å². The molecule has 4 nitrogen and oxygen atoms in total. The van der Waals surface area contributed by atoms with Gasteiger partial charge in [-0.15, -0.1) is 0 Å². The van der Waals surface area contributed by atoms with Gasteiger partial charge in [0.05, 0.1) is 0 Å². The first-order valence-corrected chi connectivity index (χ1v) is 7.49. The van der Waals surface area contributed by atoms with Gasteiger partial charge in [0.15, 0.2) is 0 Å². The van der Waals surface area contributed by atoms with E-state index in [4.69, 9.17) is 9.57 Å². The Balaban J connectivity index is 2.03. The maximum atomic E-state index is 13.0. The second kappa shape index (κ2) is 6.36. The minimum absolute atomic E-state index is 0.205. The van der Waals surface area contributed by atoms with E-state index in [2.05, 4.69) is 0 Å². The zero-order chi connectivity index (χ0) is 16.3. The molecule has 0 spiro atoms. The van der Waals surface area contributed by atoms with Crippen molar-refractivity contribution in [1.82, 2.24) is 5.06 Å². The third-order valence-electron chi connectivity index (χ3n) is 4.00. The summed E-state index contributed by atoms with van der Waals surface area (Å²) in [7, 11) is 1.55. The second-order valence-corrected chi connectivity index (χ2v) is 5.55. The van der Waals surface area contributed by atoms with E-state index >= 15 is 0 Å². The number of carbonyl (C=O) groups excluding carboxylic acids is 1. The molecule has 0 N–H and O–H groups in total. The summed E-state index contributed by atoms with van der Waals surface area (Å²) in [6.07, 6.45) is 3.18. The zero-order valence-electron chi connectivity index (χ0n) is 13.2. The molecule has 0 saturated heterocycles. The van der Waals surface area contributed by atoms with E-state index in [1.165, 1.54) is 5.06 Å². The van der Waals surface area contributed by atoms with Crippen LogP contribution in [0, 0.1) is 0 Å². The average Bonchev–Trinajstić information content (AvgIpc) is 2.63. The molecule has 1 aliphatic rings. The van der Waals surface area contributed by atoms with Crippen LogP contribution in [0.3, 0.4) is 0 Å². The van der Waals surface area contributed by atoms with E-state index in [-0.39, 0.29) is 5.91 Å². The van der Waals surface area contributed by atoms with Crippen LogP contribution in [0.15, 0.2) is 72.8 Å². The number of methoxy groups -OCH3 is 1. The first kappa shape index (κ1) is 15.5. The Morgan fingerprint density at radius 1 is 1.09 bits per heavy atom. The predicted molar refractivity (Wildman–Crippen MR) is 87.4 cm³/mol. The lowest BCUT2D eigenvalue weighted by molar-refractivity contribution is -0.265. The molecule has 0 fully saturated rings. The van der Waals surface area contributed by atoms with Gasteiger partial charge in [-0.3, -0.25) is 4.79 Å². The Kier molecular flexibility index (Phi) is 4.28. The average molecular weight is 309 g/mol. The van der Waals surface area contributed by atoms with Crippen LogP contribution in [-0.2, 0) is 15.1 Å². The van der Waals surface area contributed by atoms with Crippen LogP contribution in [0.4, 0.5) is 0 Å². The molecule has 23 heavy (non-hydrogen) atoms. The van der Waals surface area contributed by atoms with Gasteiger partial charge >= 0.3 is 0 Å². The zero-order valence-corrected chi connectivity index (χ0v) is 13.2. The van der Waals surface area contributed by atoms with Crippen molar-refractivity contribution in [3.8, 4) is 0 Å². The lowest BCUT2D eigenvalue weighted by Crippen LogP contribution is -2.50. The summed E-state index contributed by atoms with van der Waals surface area (Å²) < 4.78 is 5.23. The fourth-order valence-corrected chi connectivity index (χ4v) is 2.65. The van der Waals surface area contributed by atoms with Crippen LogP contribution < -0.4 is 0 Å². The van der Waals surface area contributed by atoms with Crippen LogP contribution in [-0.4, -0.2) is 24.4 Å². The molecule has 2 atom stereocenters. The Hall–Kier alpha value is -2.43. The number of ether oxygens (including phenoxy) is 1. The van der Waals surface area contributed by atoms with Gasteiger partial charge < -0.3 is 4.74 Å². The highest BCUT2D eigenvalue weighted by Gasteiger charge is 2.40. The molecule has 0 aromatic heterocycles. The Morgan fingerprint density at radius 2 is 1.70 bits per heavy atom. The minimum atomic E-state index is -0.705. The second-order valence-electron chi connectivity index (χ2n) is 5.55. The monoisotopic (exact) mass is 309 g/mol. The summed E-state index contributed by atoms with van der Waals surface area (Å²) in [6.45, 7) is 1.95. The molecule has 1 amide bonds. The van der Waals surface area contributed by atoms with Crippen LogP contribution in [0.1, 0.15) is 22.8 Å². The third-order valence-corrected chi connectivity index (χ3v) is 4.00. The summed E-state index contributed by atoms with van der Waals surface area (Å²) in [5, 5.41) is 1.39.